The molecule has 0 spiro atoms. The highest BCUT2D eigenvalue weighted by molar-refractivity contribution is 7.98. The molecule has 0 aliphatic carbocycles. The standard InChI is InChI=1S/C14H18N2O4S/c1-21-8-7-11(14(20)15-9-12(17)18)16-13(19)10-5-3-2-4-6-10/h2-6,11H,7-9H2,1H3,(H,15,20)(H,16,19)(H,17,18)/t11-/m0/s1. The molecule has 7 heteroatoms. The Morgan fingerprint density at radius 3 is 2.48 bits per heavy atom. The molecule has 0 aliphatic heterocycles. The van der Waals surface area contributed by atoms with E-state index in [4.69, 9.17) is 5.11 Å². The molecule has 0 heterocycles. The molecule has 0 saturated heterocycles. The molecule has 0 aromatic heterocycles. The van der Waals surface area contributed by atoms with Crippen molar-refractivity contribution in [2.24, 2.45) is 0 Å². The second kappa shape index (κ2) is 9.02. The summed E-state index contributed by atoms with van der Waals surface area (Å²) in [5, 5.41) is 13.5. The number of carbonyl (C=O) groups excluding carboxylic acids is 2. The Morgan fingerprint density at radius 1 is 1.24 bits per heavy atom. The molecular formula is C14H18N2O4S. The van der Waals surface area contributed by atoms with Crippen LogP contribution in [-0.4, -0.2) is 47.5 Å². The fourth-order valence-electron chi connectivity index (χ4n) is 1.62. The summed E-state index contributed by atoms with van der Waals surface area (Å²) in [6.45, 7) is -0.462. The lowest BCUT2D eigenvalue weighted by Crippen LogP contribution is -2.48. The van der Waals surface area contributed by atoms with Crippen LogP contribution in [0.25, 0.3) is 0 Å². The lowest BCUT2D eigenvalue weighted by Gasteiger charge is -2.17. The second-order valence-electron chi connectivity index (χ2n) is 4.29. The van der Waals surface area contributed by atoms with Gasteiger partial charge in [-0.2, -0.15) is 11.8 Å². The van der Waals surface area contributed by atoms with E-state index in [-0.39, 0.29) is 5.91 Å². The smallest absolute Gasteiger partial charge is 0.322 e. The Bertz CT molecular complexity index is 493. The van der Waals surface area contributed by atoms with Gasteiger partial charge < -0.3 is 15.7 Å². The molecule has 3 N–H and O–H groups in total. The maximum absolute atomic E-state index is 12.0. The molecule has 0 aliphatic rings. The molecule has 0 unspecified atom stereocenters. The van der Waals surface area contributed by atoms with Crippen molar-refractivity contribution < 1.29 is 19.5 Å². The Hall–Kier alpha value is -2.02. The van der Waals surface area contributed by atoms with E-state index in [0.717, 1.165) is 0 Å². The maximum Gasteiger partial charge on any atom is 0.322 e. The molecule has 1 aromatic rings. The van der Waals surface area contributed by atoms with Gasteiger partial charge in [0, 0.05) is 5.56 Å². The number of nitrogens with one attached hydrogen (secondary N) is 2. The predicted octanol–water partition coefficient (Wildman–Crippen LogP) is 0.739. The first-order chi connectivity index (χ1) is 10.0. The van der Waals surface area contributed by atoms with E-state index < -0.39 is 24.5 Å². The summed E-state index contributed by atoms with van der Waals surface area (Å²) < 4.78 is 0. The normalized spacial score (nSPS) is 11.5. The number of carboxylic acid groups (broad SMARTS) is 1. The SMILES string of the molecule is CSCC[C@H](NC(=O)c1ccccc1)C(=O)NCC(=O)O. The van der Waals surface area contributed by atoms with Crippen LogP contribution in [0.3, 0.4) is 0 Å². The zero-order chi connectivity index (χ0) is 15.7. The van der Waals surface area contributed by atoms with Crippen molar-refractivity contribution in [2.75, 3.05) is 18.6 Å². The van der Waals surface area contributed by atoms with Crippen LogP contribution in [0.15, 0.2) is 30.3 Å². The van der Waals surface area contributed by atoms with Gasteiger partial charge in [0.25, 0.3) is 5.91 Å². The Kier molecular flexibility index (Phi) is 7.31. The summed E-state index contributed by atoms with van der Waals surface area (Å²) in [6.07, 6.45) is 2.33. The lowest BCUT2D eigenvalue weighted by atomic mass is 10.1. The van der Waals surface area contributed by atoms with Crippen molar-refractivity contribution in [1.29, 1.82) is 0 Å². The second-order valence-corrected chi connectivity index (χ2v) is 5.27. The number of benzene rings is 1. The summed E-state index contributed by atoms with van der Waals surface area (Å²) in [4.78, 5) is 34.4. The number of carboxylic acids is 1. The molecule has 1 rings (SSSR count). The number of amides is 2. The van der Waals surface area contributed by atoms with Gasteiger partial charge in [-0.1, -0.05) is 18.2 Å². The topological polar surface area (TPSA) is 95.5 Å². The third kappa shape index (κ3) is 6.31. The molecule has 114 valence electrons. The molecule has 2 amide bonds. The first kappa shape index (κ1) is 17.0. The maximum atomic E-state index is 12.0. The third-order valence-corrected chi connectivity index (χ3v) is 3.33. The first-order valence-corrected chi connectivity index (χ1v) is 7.78. The Morgan fingerprint density at radius 2 is 1.90 bits per heavy atom. The molecule has 0 bridgehead atoms. The van der Waals surface area contributed by atoms with Crippen LogP contribution in [-0.2, 0) is 9.59 Å². The number of aliphatic carboxylic acids is 1. The molecule has 1 aromatic carbocycles. The van der Waals surface area contributed by atoms with Crippen molar-refractivity contribution >= 4 is 29.5 Å². The van der Waals surface area contributed by atoms with Crippen LogP contribution < -0.4 is 10.6 Å². The van der Waals surface area contributed by atoms with E-state index in [1.54, 1.807) is 42.1 Å². The van der Waals surface area contributed by atoms with Crippen molar-refractivity contribution in [1.82, 2.24) is 10.6 Å². The van der Waals surface area contributed by atoms with Crippen LogP contribution >= 0.6 is 11.8 Å². The number of thioether (sulfide) groups is 1. The van der Waals surface area contributed by atoms with E-state index in [0.29, 0.717) is 17.7 Å². The van der Waals surface area contributed by atoms with Crippen LogP contribution in [0.1, 0.15) is 16.8 Å². The van der Waals surface area contributed by atoms with Gasteiger partial charge in [-0.05, 0) is 30.6 Å². The highest BCUT2D eigenvalue weighted by Gasteiger charge is 2.21. The van der Waals surface area contributed by atoms with Crippen molar-refractivity contribution in [2.45, 2.75) is 12.5 Å². The first-order valence-electron chi connectivity index (χ1n) is 6.39. The lowest BCUT2D eigenvalue weighted by molar-refractivity contribution is -0.138. The minimum atomic E-state index is -1.12. The zero-order valence-electron chi connectivity index (χ0n) is 11.7. The van der Waals surface area contributed by atoms with Gasteiger partial charge in [-0.25, -0.2) is 0 Å². The summed E-state index contributed by atoms with van der Waals surface area (Å²) in [7, 11) is 0. The fourth-order valence-corrected chi connectivity index (χ4v) is 2.09. The molecule has 1 atom stereocenters. The molecule has 0 saturated carbocycles. The molecule has 21 heavy (non-hydrogen) atoms. The van der Waals surface area contributed by atoms with E-state index in [9.17, 15) is 14.4 Å². The van der Waals surface area contributed by atoms with Crippen molar-refractivity contribution in [3.05, 3.63) is 35.9 Å². The van der Waals surface area contributed by atoms with Crippen molar-refractivity contribution in [3.63, 3.8) is 0 Å². The summed E-state index contributed by atoms with van der Waals surface area (Å²) in [5.74, 6) is -1.29. The van der Waals surface area contributed by atoms with Gasteiger partial charge in [0.1, 0.15) is 12.6 Å². The zero-order valence-corrected chi connectivity index (χ0v) is 12.5. The molecule has 0 radical (unpaired) electrons. The summed E-state index contributed by atoms with van der Waals surface area (Å²) in [6, 6.07) is 7.81. The van der Waals surface area contributed by atoms with Crippen LogP contribution in [0.5, 0.6) is 0 Å². The average molecular weight is 310 g/mol. The number of hydrogen-bond acceptors (Lipinski definition) is 4. The Balaban J connectivity index is 2.66. The van der Waals surface area contributed by atoms with Gasteiger partial charge in [0.15, 0.2) is 0 Å². The minimum Gasteiger partial charge on any atom is -0.480 e. The monoisotopic (exact) mass is 310 g/mol. The Labute approximate surface area is 127 Å². The van der Waals surface area contributed by atoms with Crippen LogP contribution in [0.4, 0.5) is 0 Å². The summed E-state index contributed by atoms with van der Waals surface area (Å²) >= 11 is 1.55. The van der Waals surface area contributed by atoms with Gasteiger partial charge >= 0.3 is 5.97 Å². The summed E-state index contributed by atoms with van der Waals surface area (Å²) in [5.41, 5.74) is 0.456. The number of carbonyl (C=O) groups is 3. The van der Waals surface area contributed by atoms with Gasteiger partial charge in [0.2, 0.25) is 5.91 Å². The molecule has 6 nitrogen and oxygen atoms in total. The predicted molar refractivity (Wildman–Crippen MR) is 81.3 cm³/mol. The van der Waals surface area contributed by atoms with Crippen LogP contribution in [0.2, 0.25) is 0 Å². The highest BCUT2D eigenvalue weighted by Crippen LogP contribution is 2.04. The van der Waals surface area contributed by atoms with Gasteiger partial charge in [0.05, 0.1) is 0 Å². The minimum absolute atomic E-state index is 0.354. The average Bonchev–Trinajstić information content (AvgIpc) is 2.49. The van der Waals surface area contributed by atoms with E-state index >= 15 is 0 Å². The van der Waals surface area contributed by atoms with Gasteiger partial charge in [-0.15, -0.1) is 0 Å². The quantitative estimate of drug-likeness (QED) is 0.658. The van der Waals surface area contributed by atoms with Crippen molar-refractivity contribution in [3.8, 4) is 0 Å². The number of hydrogen-bond donors (Lipinski definition) is 3. The van der Waals surface area contributed by atoms with Crippen LogP contribution in [0, 0.1) is 0 Å². The van der Waals surface area contributed by atoms with E-state index in [2.05, 4.69) is 10.6 Å². The fraction of sp³-hybridized carbons (Fsp3) is 0.357. The highest BCUT2D eigenvalue weighted by atomic mass is 32.2. The van der Waals surface area contributed by atoms with Gasteiger partial charge in [-0.3, -0.25) is 14.4 Å². The molecular weight excluding hydrogens is 292 g/mol. The van der Waals surface area contributed by atoms with E-state index in [1.165, 1.54) is 0 Å². The third-order valence-electron chi connectivity index (χ3n) is 2.68. The number of rotatable bonds is 8. The molecule has 0 fully saturated rings. The van der Waals surface area contributed by atoms with E-state index in [1.807, 2.05) is 6.26 Å². The largest absolute Gasteiger partial charge is 0.480 e.